The van der Waals surface area contributed by atoms with Gasteiger partial charge >= 0.3 is 5.97 Å². The Morgan fingerprint density at radius 1 is 1.56 bits per heavy atom. The van der Waals surface area contributed by atoms with Crippen LogP contribution in [0.25, 0.3) is 15.2 Å². The molecule has 2 N–H and O–H groups in total. The highest BCUT2D eigenvalue weighted by Crippen LogP contribution is 2.28. The molecule has 0 fully saturated rings. The van der Waals surface area contributed by atoms with Crippen molar-refractivity contribution in [3.63, 3.8) is 0 Å². The zero-order valence-electron chi connectivity index (χ0n) is 9.62. The van der Waals surface area contributed by atoms with Crippen molar-refractivity contribution in [1.29, 1.82) is 0 Å². The van der Waals surface area contributed by atoms with Crippen LogP contribution in [0, 0.1) is 0 Å². The number of hydrogen-bond acceptors (Lipinski definition) is 4. The Bertz CT molecular complexity index is 731. The highest BCUT2D eigenvalue weighted by atomic mass is 32.1. The van der Waals surface area contributed by atoms with Gasteiger partial charge in [-0.2, -0.15) is 0 Å². The Balaban J connectivity index is 2.18. The van der Waals surface area contributed by atoms with Crippen LogP contribution in [0.5, 0.6) is 0 Å². The molecule has 2 aromatic heterocycles. The molecule has 1 unspecified atom stereocenters. The average molecular weight is 261 g/mol. The molecule has 0 aliphatic rings. The zero-order chi connectivity index (χ0) is 12.7. The molecule has 0 spiro atoms. The van der Waals surface area contributed by atoms with E-state index in [2.05, 4.69) is 10.3 Å². The van der Waals surface area contributed by atoms with Gasteiger partial charge in [-0.1, -0.05) is 17.4 Å². The first kappa shape index (κ1) is 11.2. The number of likely N-dealkylation sites (N-methyl/N-ethyl adjacent to an activating group) is 1. The first-order chi connectivity index (χ1) is 8.70. The van der Waals surface area contributed by atoms with Crippen molar-refractivity contribution in [3.8, 4) is 0 Å². The predicted molar refractivity (Wildman–Crippen MR) is 70.0 cm³/mol. The third-order valence-corrected chi connectivity index (χ3v) is 3.95. The number of benzene rings is 1. The summed E-state index contributed by atoms with van der Waals surface area (Å²) in [6.07, 6.45) is 3.66. The van der Waals surface area contributed by atoms with Gasteiger partial charge in [0.05, 0.1) is 10.2 Å². The second-order valence-electron chi connectivity index (χ2n) is 3.97. The van der Waals surface area contributed by atoms with Crippen molar-refractivity contribution < 1.29 is 9.90 Å². The summed E-state index contributed by atoms with van der Waals surface area (Å²) in [5.41, 5.74) is 1.80. The summed E-state index contributed by atoms with van der Waals surface area (Å²) in [5.74, 6) is -0.877. The fourth-order valence-electron chi connectivity index (χ4n) is 2.07. The molecule has 5 nitrogen and oxygen atoms in total. The number of carboxylic acid groups (broad SMARTS) is 1. The lowest BCUT2D eigenvalue weighted by molar-refractivity contribution is -0.139. The Hall–Kier alpha value is -1.92. The third-order valence-electron chi connectivity index (χ3n) is 2.92. The van der Waals surface area contributed by atoms with Gasteiger partial charge in [-0.05, 0) is 24.7 Å². The maximum Gasteiger partial charge on any atom is 0.325 e. The maximum atomic E-state index is 11.1. The Kier molecular flexibility index (Phi) is 2.53. The normalized spacial score (nSPS) is 13.2. The maximum absolute atomic E-state index is 11.1. The van der Waals surface area contributed by atoms with Gasteiger partial charge in [0.1, 0.15) is 6.04 Å². The van der Waals surface area contributed by atoms with Crippen LogP contribution in [0.15, 0.2) is 30.6 Å². The van der Waals surface area contributed by atoms with Crippen molar-refractivity contribution >= 4 is 32.5 Å². The summed E-state index contributed by atoms with van der Waals surface area (Å²) in [6, 6.07) is 5.00. The Labute approximate surface area is 107 Å². The molecule has 0 aliphatic heterocycles. The van der Waals surface area contributed by atoms with Crippen LogP contribution in [0.1, 0.15) is 11.6 Å². The Morgan fingerprint density at radius 2 is 2.39 bits per heavy atom. The van der Waals surface area contributed by atoms with E-state index >= 15 is 0 Å². The summed E-state index contributed by atoms with van der Waals surface area (Å²) in [7, 11) is 1.64. The predicted octanol–water partition coefficient (Wildman–Crippen LogP) is 1.89. The van der Waals surface area contributed by atoms with Crippen LogP contribution in [0.2, 0.25) is 0 Å². The molecule has 2 heterocycles. The van der Waals surface area contributed by atoms with E-state index in [0.29, 0.717) is 0 Å². The Morgan fingerprint density at radius 3 is 3.11 bits per heavy atom. The largest absolute Gasteiger partial charge is 0.480 e. The number of fused-ring (bicyclic) bond motifs is 3. The van der Waals surface area contributed by atoms with E-state index in [0.717, 1.165) is 20.7 Å². The number of rotatable bonds is 3. The minimum Gasteiger partial charge on any atom is -0.480 e. The standard InChI is InChI=1S/C12H11N3O2S/c1-13-10(11(16)17)7-2-3-8-9(6-7)18-12-14-4-5-15(8)12/h2-6,10,13H,1H3,(H,16,17). The van der Waals surface area contributed by atoms with E-state index in [-0.39, 0.29) is 0 Å². The number of thiazole rings is 1. The molecule has 0 radical (unpaired) electrons. The molecule has 0 saturated carbocycles. The van der Waals surface area contributed by atoms with Crippen LogP contribution in [-0.2, 0) is 4.79 Å². The average Bonchev–Trinajstić information content (AvgIpc) is 2.88. The number of nitrogens with one attached hydrogen (secondary N) is 1. The van der Waals surface area contributed by atoms with Crippen molar-refractivity contribution in [2.24, 2.45) is 0 Å². The van der Waals surface area contributed by atoms with Gasteiger partial charge in [0.2, 0.25) is 0 Å². The number of hydrogen-bond donors (Lipinski definition) is 2. The first-order valence-corrected chi connectivity index (χ1v) is 6.28. The SMILES string of the molecule is CNC(C(=O)O)c1ccc2c(c1)sc1nccn12. The number of aliphatic carboxylic acids is 1. The van der Waals surface area contributed by atoms with Crippen molar-refractivity contribution in [2.75, 3.05) is 7.05 Å². The molecule has 6 heteroatoms. The van der Waals surface area contributed by atoms with E-state index in [9.17, 15) is 4.79 Å². The summed E-state index contributed by atoms with van der Waals surface area (Å²) in [6.45, 7) is 0. The van der Waals surface area contributed by atoms with Crippen LogP contribution in [0.4, 0.5) is 0 Å². The lowest BCUT2D eigenvalue weighted by Gasteiger charge is -2.11. The number of imidazole rings is 1. The molecular weight excluding hydrogens is 250 g/mol. The number of aromatic nitrogens is 2. The molecule has 3 rings (SSSR count). The highest BCUT2D eigenvalue weighted by Gasteiger charge is 2.18. The first-order valence-electron chi connectivity index (χ1n) is 5.46. The lowest BCUT2D eigenvalue weighted by atomic mass is 10.1. The number of carboxylic acids is 1. The van der Waals surface area contributed by atoms with Crippen molar-refractivity contribution in [2.45, 2.75) is 6.04 Å². The van der Waals surface area contributed by atoms with Gasteiger partial charge in [0, 0.05) is 12.4 Å². The van der Waals surface area contributed by atoms with Gasteiger partial charge in [-0.25, -0.2) is 4.98 Å². The molecule has 0 saturated heterocycles. The van der Waals surface area contributed by atoms with Gasteiger partial charge < -0.3 is 10.4 Å². The van der Waals surface area contributed by atoms with Gasteiger partial charge in [-0.15, -0.1) is 0 Å². The molecule has 92 valence electrons. The monoisotopic (exact) mass is 261 g/mol. The second kappa shape index (κ2) is 4.08. The van der Waals surface area contributed by atoms with Crippen LogP contribution < -0.4 is 5.32 Å². The summed E-state index contributed by atoms with van der Waals surface area (Å²) in [4.78, 5) is 16.3. The quantitative estimate of drug-likeness (QED) is 0.755. The molecular formula is C12H11N3O2S. The minimum absolute atomic E-state index is 0.677. The topological polar surface area (TPSA) is 66.6 Å². The van der Waals surface area contributed by atoms with E-state index in [4.69, 9.17) is 5.11 Å². The van der Waals surface area contributed by atoms with Crippen LogP contribution >= 0.6 is 11.3 Å². The molecule has 1 aromatic carbocycles. The third kappa shape index (κ3) is 1.58. The van der Waals surface area contributed by atoms with Gasteiger partial charge in [0.15, 0.2) is 4.96 Å². The minimum atomic E-state index is -0.877. The summed E-state index contributed by atoms with van der Waals surface area (Å²) < 4.78 is 3.04. The fourth-order valence-corrected chi connectivity index (χ4v) is 3.10. The van der Waals surface area contributed by atoms with Crippen molar-refractivity contribution in [3.05, 3.63) is 36.2 Å². The summed E-state index contributed by atoms with van der Waals surface area (Å²) >= 11 is 1.55. The molecule has 18 heavy (non-hydrogen) atoms. The zero-order valence-corrected chi connectivity index (χ0v) is 10.4. The van der Waals surface area contributed by atoms with E-state index < -0.39 is 12.0 Å². The van der Waals surface area contributed by atoms with E-state index in [1.54, 1.807) is 24.6 Å². The fraction of sp³-hybridized carbons (Fsp3) is 0.167. The summed E-state index contributed by atoms with van der Waals surface area (Å²) in [5, 5.41) is 11.9. The highest BCUT2D eigenvalue weighted by molar-refractivity contribution is 7.23. The molecule has 0 amide bonds. The molecule has 0 bridgehead atoms. The van der Waals surface area contributed by atoms with Crippen LogP contribution in [-0.4, -0.2) is 27.5 Å². The molecule has 3 aromatic rings. The number of nitrogens with zero attached hydrogens (tertiary/aromatic N) is 2. The smallest absolute Gasteiger partial charge is 0.325 e. The van der Waals surface area contributed by atoms with Crippen molar-refractivity contribution in [1.82, 2.24) is 14.7 Å². The van der Waals surface area contributed by atoms with Gasteiger partial charge in [0.25, 0.3) is 0 Å². The lowest BCUT2D eigenvalue weighted by Crippen LogP contribution is -2.24. The van der Waals surface area contributed by atoms with Gasteiger partial charge in [-0.3, -0.25) is 9.20 Å². The number of carbonyl (C=O) groups is 1. The molecule has 1 atom stereocenters. The van der Waals surface area contributed by atoms with Crippen LogP contribution in [0.3, 0.4) is 0 Å². The van der Waals surface area contributed by atoms with E-state index in [1.165, 1.54) is 0 Å². The second-order valence-corrected chi connectivity index (χ2v) is 4.98. The van der Waals surface area contributed by atoms with E-state index in [1.807, 2.05) is 28.8 Å². The molecule has 0 aliphatic carbocycles.